The molecule has 0 amide bonds. The lowest BCUT2D eigenvalue weighted by molar-refractivity contribution is 0.0888. The van der Waals surface area contributed by atoms with Crippen LogP contribution < -0.4 is 4.74 Å². The fraction of sp³-hybridized carbons (Fsp3) is 0.385. The highest BCUT2D eigenvalue weighted by Crippen LogP contribution is 2.50. The van der Waals surface area contributed by atoms with Crippen molar-refractivity contribution in [2.75, 3.05) is 26.7 Å². The quantitative estimate of drug-likeness (QED) is 0.527. The van der Waals surface area contributed by atoms with E-state index < -0.39 is 0 Å². The third-order valence-electron chi connectivity index (χ3n) is 7.50. The van der Waals surface area contributed by atoms with E-state index in [0.717, 1.165) is 49.7 Å². The minimum atomic E-state index is 0.119. The van der Waals surface area contributed by atoms with Crippen molar-refractivity contribution < 1.29 is 4.74 Å². The summed E-state index contributed by atoms with van der Waals surface area (Å²) >= 11 is 6.63. The Morgan fingerprint density at radius 3 is 2.90 bits per heavy atom. The van der Waals surface area contributed by atoms with Gasteiger partial charge >= 0.3 is 0 Å². The van der Waals surface area contributed by atoms with Gasteiger partial charge in [-0.25, -0.2) is 0 Å². The second-order valence-corrected chi connectivity index (χ2v) is 9.29. The zero-order valence-corrected chi connectivity index (χ0v) is 18.6. The maximum atomic E-state index is 6.63. The highest BCUT2D eigenvalue weighted by atomic mass is 35.5. The van der Waals surface area contributed by atoms with Crippen LogP contribution in [0.3, 0.4) is 0 Å². The smallest absolute Gasteiger partial charge is 0.119 e. The molecule has 0 saturated carbocycles. The lowest BCUT2D eigenvalue weighted by atomic mass is 9.58. The Balaban J connectivity index is 1.68. The number of hydrogen-bond acceptors (Lipinski definition) is 2. The summed E-state index contributed by atoms with van der Waals surface area (Å²) in [5.74, 6) is 1.50. The molecule has 1 fully saturated rings. The number of piperidine rings is 1. The van der Waals surface area contributed by atoms with E-state index in [9.17, 15) is 0 Å². The number of fused-ring (bicyclic) bond motifs is 4. The monoisotopic (exact) mass is 420 g/mol. The van der Waals surface area contributed by atoms with Crippen LogP contribution in [0.15, 0.2) is 55.1 Å². The van der Waals surface area contributed by atoms with Gasteiger partial charge in [0.15, 0.2) is 0 Å². The minimum absolute atomic E-state index is 0.119. The number of aromatic nitrogens is 1. The molecule has 3 aromatic rings. The van der Waals surface area contributed by atoms with Crippen molar-refractivity contribution in [1.82, 2.24) is 9.47 Å². The third kappa shape index (κ3) is 2.91. The zero-order valence-electron chi connectivity index (χ0n) is 17.8. The van der Waals surface area contributed by atoms with Crippen LogP contribution in [0.2, 0.25) is 5.02 Å². The summed E-state index contributed by atoms with van der Waals surface area (Å²) < 4.78 is 7.94. The van der Waals surface area contributed by atoms with Gasteiger partial charge in [-0.15, -0.1) is 6.58 Å². The molecule has 4 heteroatoms. The Morgan fingerprint density at radius 1 is 1.27 bits per heavy atom. The second-order valence-electron chi connectivity index (χ2n) is 8.88. The zero-order chi connectivity index (χ0) is 20.9. The van der Waals surface area contributed by atoms with Crippen molar-refractivity contribution in [1.29, 1.82) is 0 Å². The van der Waals surface area contributed by atoms with Gasteiger partial charge in [0, 0.05) is 36.6 Å². The SMILES string of the molecule is C=CCN1CCC2(c3cccc(OC)c3)Cc3c(c4cccc(Cl)c4n3C)CC2C1. The van der Waals surface area contributed by atoms with E-state index in [1.807, 2.05) is 18.2 Å². The van der Waals surface area contributed by atoms with Crippen LogP contribution in [0, 0.1) is 5.92 Å². The molecule has 2 unspecified atom stereocenters. The first-order chi connectivity index (χ1) is 14.6. The molecule has 0 radical (unpaired) electrons. The van der Waals surface area contributed by atoms with E-state index in [2.05, 4.69) is 53.4 Å². The van der Waals surface area contributed by atoms with E-state index in [1.165, 1.54) is 27.7 Å². The average molecular weight is 421 g/mol. The van der Waals surface area contributed by atoms with Crippen molar-refractivity contribution in [2.24, 2.45) is 13.0 Å². The maximum Gasteiger partial charge on any atom is 0.119 e. The molecule has 2 aromatic carbocycles. The van der Waals surface area contributed by atoms with Crippen molar-refractivity contribution in [3.05, 3.63) is 77.0 Å². The minimum Gasteiger partial charge on any atom is -0.497 e. The summed E-state index contributed by atoms with van der Waals surface area (Å²) in [4.78, 5) is 2.55. The van der Waals surface area contributed by atoms with E-state index in [4.69, 9.17) is 16.3 Å². The molecule has 3 nitrogen and oxygen atoms in total. The summed E-state index contributed by atoms with van der Waals surface area (Å²) in [6.07, 6.45) is 5.30. The molecular formula is C26H29ClN2O. The van der Waals surface area contributed by atoms with Crippen LogP contribution in [0.1, 0.15) is 23.2 Å². The number of likely N-dealkylation sites (tertiary alicyclic amines) is 1. The molecule has 30 heavy (non-hydrogen) atoms. The maximum absolute atomic E-state index is 6.63. The highest BCUT2D eigenvalue weighted by Gasteiger charge is 2.48. The molecule has 156 valence electrons. The van der Waals surface area contributed by atoms with Gasteiger partial charge in [0.2, 0.25) is 0 Å². The fourth-order valence-corrected chi connectivity index (χ4v) is 6.29. The highest BCUT2D eigenvalue weighted by molar-refractivity contribution is 6.35. The summed E-state index contributed by atoms with van der Waals surface area (Å²) in [7, 11) is 3.94. The standard InChI is InChI=1S/C26H29ClN2O/c1-4-12-29-13-11-26(18-7-5-8-20(14-18)30-3)16-24-22(15-19(26)17-29)21-9-6-10-23(27)25(21)28(24)2/h4-10,14,19H,1,11-13,15-17H2,2-3H3. The van der Waals surface area contributed by atoms with Crippen LogP contribution in [0.5, 0.6) is 5.75 Å². The number of ether oxygens (including phenoxy) is 1. The van der Waals surface area contributed by atoms with Crippen molar-refractivity contribution in [2.45, 2.75) is 24.7 Å². The first-order valence-corrected chi connectivity index (χ1v) is 11.2. The summed E-state index contributed by atoms with van der Waals surface area (Å²) in [5, 5.41) is 2.16. The van der Waals surface area contributed by atoms with Crippen LogP contribution in [-0.2, 0) is 25.3 Å². The molecule has 0 bridgehead atoms. The van der Waals surface area contributed by atoms with Gasteiger partial charge in [-0.3, -0.25) is 4.90 Å². The number of para-hydroxylation sites is 1. The normalized spacial score (nSPS) is 23.8. The lowest BCUT2D eigenvalue weighted by Crippen LogP contribution is -2.53. The number of hydrogen-bond donors (Lipinski definition) is 0. The largest absolute Gasteiger partial charge is 0.497 e. The summed E-state index contributed by atoms with van der Waals surface area (Å²) in [5.41, 5.74) is 5.63. The van der Waals surface area contributed by atoms with Gasteiger partial charge in [0.05, 0.1) is 17.6 Å². The van der Waals surface area contributed by atoms with Gasteiger partial charge in [0.25, 0.3) is 0 Å². The molecule has 2 heterocycles. The Kier molecular flexibility index (Phi) is 4.91. The molecule has 1 aromatic heterocycles. The Bertz CT molecular complexity index is 1120. The van der Waals surface area contributed by atoms with Crippen LogP contribution in [-0.4, -0.2) is 36.2 Å². The lowest BCUT2D eigenvalue weighted by Gasteiger charge is -2.51. The second kappa shape index (κ2) is 7.47. The molecule has 1 aliphatic carbocycles. The van der Waals surface area contributed by atoms with Gasteiger partial charge in [0.1, 0.15) is 5.75 Å². The van der Waals surface area contributed by atoms with Crippen molar-refractivity contribution in [3.8, 4) is 5.75 Å². The van der Waals surface area contributed by atoms with Gasteiger partial charge in [-0.05, 0) is 61.1 Å². The fourth-order valence-electron chi connectivity index (χ4n) is 5.99. The number of benzene rings is 2. The first kappa shape index (κ1) is 19.7. The van der Waals surface area contributed by atoms with E-state index in [1.54, 1.807) is 7.11 Å². The van der Waals surface area contributed by atoms with Crippen molar-refractivity contribution >= 4 is 22.5 Å². The van der Waals surface area contributed by atoms with Crippen LogP contribution in [0.4, 0.5) is 0 Å². The predicted molar refractivity (Wildman–Crippen MR) is 125 cm³/mol. The number of rotatable bonds is 4. The van der Waals surface area contributed by atoms with Crippen LogP contribution >= 0.6 is 11.6 Å². The number of nitrogens with zero attached hydrogens (tertiary/aromatic N) is 2. The number of methoxy groups -OCH3 is 1. The molecule has 2 aliphatic rings. The van der Waals surface area contributed by atoms with Crippen molar-refractivity contribution in [3.63, 3.8) is 0 Å². The van der Waals surface area contributed by atoms with Gasteiger partial charge < -0.3 is 9.30 Å². The van der Waals surface area contributed by atoms with Crippen LogP contribution in [0.25, 0.3) is 10.9 Å². The van der Waals surface area contributed by atoms with Gasteiger partial charge in [-0.1, -0.05) is 41.9 Å². The van der Waals surface area contributed by atoms with E-state index in [0.29, 0.717) is 5.92 Å². The Labute approximate surface area is 183 Å². The van der Waals surface area contributed by atoms with E-state index >= 15 is 0 Å². The van der Waals surface area contributed by atoms with Gasteiger partial charge in [-0.2, -0.15) is 0 Å². The Morgan fingerprint density at radius 2 is 2.10 bits per heavy atom. The molecule has 5 rings (SSSR count). The molecule has 1 aliphatic heterocycles. The summed E-state index contributed by atoms with van der Waals surface area (Å²) in [6.45, 7) is 7.12. The average Bonchev–Trinajstić information content (AvgIpc) is 3.04. The molecule has 0 N–H and O–H groups in total. The number of halogens is 1. The first-order valence-electron chi connectivity index (χ1n) is 10.8. The molecule has 1 saturated heterocycles. The molecular weight excluding hydrogens is 392 g/mol. The number of aryl methyl sites for hydroxylation is 1. The predicted octanol–water partition coefficient (Wildman–Crippen LogP) is 5.38. The topological polar surface area (TPSA) is 17.4 Å². The summed E-state index contributed by atoms with van der Waals surface area (Å²) in [6, 6.07) is 15.1. The Hall–Kier alpha value is -2.23. The molecule has 2 atom stereocenters. The van der Waals surface area contributed by atoms with E-state index in [-0.39, 0.29) is 5.41 Å². The third-order valence-corrected chi connectivity index (χ3v) is 7.81. The molecule has 0 spiro atoms.